The van der Waals surface area contributed by atoms with E-state index in [9.17, 15) is 9.18 Å². The van der Waals surface area contributed by atoms with E-state index in [1.165, 1.54) is 12.1 Å². The third-order valence-corrected chi connectivity index (χ3v) is 4.42. The van der Waals surface area contributed by atoms with Crippen LogP contribution in [0.4, 0.5) is 4.39 Å². The zero-order valence-electron chi connectivity index (χ0n) is 10.7. The molecule has 1 aromatic carbocycles. The molecule has 1 aliphatic rings. The molecule has 3 N–H and O–H groups in total. The predicted molar refractivity (Wildman–Crippen MR) is 75.9 cm³/mol. The molecule has 1 aromatic rings. The molecule has 0 aliphatic heterocycles. The Bertz CT molecular complexity index is 467. The van der Waals surface area contributed by atoms with Crippen molar-refractivity contribution >= 4 is 21.8 Å². The Hall–Kier alpha value is -0.940. The summed E-state index contributed by atoms with van der Waals surface area (Å²) >= 11 is 3.34. The molecular formula is C14H18BrFN2O. The van der Waals surface area contributed by atoms with Gasteiger partial charge in [-0.2, -0.15) is 0 Å². The van der Waals surface area contributed by atoms with Crippen LogP contribution in [-0.2, 0) is 11.3 Å². The second-order valence-corrected chi connectivity index (χ2v) is 5.93. The highest BCUT2D eigenvalue weighted by molar-refractivity contribution is 9.10. The summed E-state index contributed by atoms with van der Waals surface area (Å²) < 4.78 is 13.9. The Balaban J connectivity index is 1.84. The molecule has 1 aliphatic carbocycles. The molecule has 0 radical (unpaired) electrons. The molecule has 1 amide bonds. The van der Waals surface area contributed by atoms with Crippen LogP contribution < -0.4 is 11.1 Å². The number of nitrogens with one attached hydrogen (secondary N) is 1. The van der Waals surface area contributed by atoms with Crippen molar-refractivity contribution in [3.63, 3.8) is 0 Å². The number of benzene rings is 1. The predicted octanol–water partition coefficient (Wildman–Crippen LogP) is 2.72. The van der Waals surface area contributed by atoms with Crippen LogP contribution in [0.2, 0.25) is 0 Å². The lowest BCUT2D eigenvalue weighted by atomic mass is 10.00. The van der Waals surface area contributed by atoms with Gasteiger partial charge in [-0.3, -0.25) is 4.79 Å². The van der Waals surface area contributed by atoms with Crippen LogP contribution in [0.15, 0.2) is 22.7 Å². The van der Waals surface area contributed by atoms with Gasteiger partial charge in [-0.05, 0) is 42.5 Å². The minimum atomic E-state index is -0.301. The van der Waals surface area contributed by atoms with Crippen molar-refractivity contribution in [3.05, 3.63) is 34.1 Å². The van der Waals surface area contributed by atoms with Gasteiger partial charge in [0.2, 0.25) is 5.91 Å². The number of nitrogens with two attached hydrogens (primary N) is 1. The van der Waals surface area contributed by atoms with Crippen molar-refractivity contribution in [1.82, 2.24) is 5.32 Å². The summed E-state index contributed by atoms with van der Waals surface area (Å²) in [4.78, 5) is 11.8. The van der Waals surface area contributed by atoms with E-state index in [0.29, 0.717) is 13.0 Å². The standard InChI is InChI=1S/C14H18BrFN2O/c15-12-5-4-11(16)6-10(12)8-18-14(19)7-9-2-1-3-13(9)17/h4-6,9,13H,1-3,7-8,17H2,(H,18,19)/t9-,13+/m0/s1. The molecule has 0 spiro atoms. The fourth-order valence-electron chi connectivity index (χ4n) is 2.50. The van der Waals surface area contributed by atoms with Gasteiger partial charge in [0.1, 0.15) is 5.82 Å². The van der Waals surface area contributed by atoms with E-state index in [0.717, 1.165) is 29.3 Å². The molecule has 3 nitrogen and oxygen atoms in total. The molecule has 0 bridgehead atoms. The first-order valence-electron chi connectivity index (χ1n) is 6.52. The summed E-state index contributed by atoms with van der Waals surface area (Å²) in [6.45, 7) is 0.332. The molecule has 19 heavy (non-hydrogen) atoms. The van der Waals surface area contributed by atoms with Crippen molar-refractivity contribution in [1.29, 1.82) is 0 Å². The summed E-state index contributed by atoms with van der Waals surface area (Å²) in [5, 5.41) is 2.82. The quantitative estimate of drug-likeness (QED) is 0.892. The maximum absolute atomic E-state index is 13.1. The average molecular weight is 329 g/mol. The van der Waals surface area contributed by atoms with Gasteiger partial charge in [0.25, 0.3) is 0 Å². The molecule has 0 aromatic heterocycles. The van der Waals surface area contributed by atoms with Crippen molar-refractivity contribution in [2.24, 2.45) is 11.7 Å². The van der Waals surface area contributed by atoms with E-state index < -0.39 is 0 Å². The van der Waals surface area contributed by atoms with Crippen LogP contribution in [0, 0.1) is 11.7 Å². The van der Waals surface area contributed by atoms with Crippen LogP contribution in [0.1, 0.15) is 31.2 Å². The Morgan fingerprint density at radius 2 is 2.26 bits per heavy atom. The topological polar surface area (TPSA) is 55.1 Å². The molecule has 0 unspecified atom stereocenters. The van der Waals surface area contributed by atoms with Crippen molar-refractivity contribution < 1.29 is 9.18 Å². The van der Waals surface area contributed by atoms with Gasteiger partial charge in [0.15, 0.2) is 0 Å². The van der Waals surface area contributed by atoms with Gasteiger partial charge in [-0.25, -0.2) is 4.39 Å². The average Bonchev–Trinajstić information content (AvgIpc) is 2.76. The van der Waals surface area contributed by atoms with E-state index in [1.54, 1.807) is 6.07 Å². The van der Waals surface area contributed by atoms with E-state index in [4.69, 9.17) is 5.73 Å². The van der Waals surface area contributed by atoms with E-state index >= 15 is 0 Å². The van der Waals surface area contributed by atoms with Crippen molar-refractivity contribution in [2.75, 3.05) is 0 Å². The summed E-state index contributed by atoms with van der Waals surface area (Å²) in [5.41, 5.74) is 6.68. The van der Waals surface area contributed by atoms with Crippen LogP contribution in [0.5, 0.6) is 0 Å². The van der Waals surface area contributed by atoms with E-state index in [2.05, 4.69) is 21.2 Å². The Labute approximate surface area is 120 Å². The van der Waals surface area contributed by atoms with Crippen molar-refractivity contribution in [3.8, 4) is 0 Å². The maximum Gasteiger partial charge on any atom is 0.220 e. The lowest BCUT2D eigenvalue weighted by Crippen LogP contribution is -2.31. The summed E-state index contributed by atoms with van der Waals surface area (Å²) in [6.07, 6.45) is 3.61. The van der Waals surface area contributed by atoms with Crippen LogP contribution >= 0.6 is 15.9 Å². The minimum absolute atomic E-state index is 0.0153. The Morgan fingerprint density at radius 3 is 2.95 bits per heavy atom. The summed E-state index contributed by atoms with van der Waals surface area (Å²) in [6, 6.07) is 4.59. The second kappa shape index (κ2) is 6.48. The highest BCUT2D eigenvalue weighted by Crippen LogP contribution is 2.26. The van der Waals surface area contributed by atoms with Gasteiger partial charge < -0.3 is 11.1 Å². The molecule has 2 atom stereocenters. The smallest absolute Gasteiger partial charge is 0.220 e. The van der Waals surface area contributed by atoms with Gasteiger partial charge in [-0.15, -0.1) is 0 Å². The molecule has 1 saturated carbocycles. The lowest BCUT2D eigenvalue weighted by molar-refractivity contribution is -0.122. The van der Waals surface area contributed by atoms with E-state index in [-0.39, 0.29) is 23.7 Å². The zero-order valence-corrected chi connectivity index (χ0v) is 12.2. The normalized spacial score (nSPS) is 22.5. The molecule has 0 saturated heterocycles. The molecule has 5 heteroatoms. The molecule has 0 heterocycles. The summed E-state index contributed by atoms with van der Waals surface area (Å²) in [5.74, 6) is -0.0280. The Kier molecular flexibility index (Phi) is 4.93. The third kappa shape index (κ3) is 4.01. The van der Waals surface area contributed by atoms with Crippen LogP contribution in [0.25, 0.3) is 0 Å². The van der Waals surface area contributed by atoms with Gasteiger partial charge in [-0.1, -0.05) is 22.4 Å². The number of rotatable bonds is 4. The van der Waals surface area contributed by atoms with Gasteiger partial charge in [0, 0.05) is 23.5 Å². The number of hydrogen-bond acceptors (Lipinski definition) is 2. The molecular weight excluding hydrogens is 311 g/mol. The molecule has 2 rings (SSSR count). The zero-order chi connectivity index (χ0) is 13.8. The first-order chi connectivity index (χ1) is 9.06. The Morgan fingerprint density at radius 1 is 1.47 bits per heavy atom. The second-order valence-electron chi connectivity index (χ2n) is 5.07. The highest BCUT2D eigenvalue weighted by Gasteiger charge is 2.25. The number of amides is 1. The largest absolute Gasteiger partial charge is 0.352 e. The number of hydrogen-bond donors (Lipinski definition) is 2. The summed E-state index contributed by atoms with van der Waals surface area (Å²) in [7, 11) is 0. The number of halogens is 2. The minimum Gasteiger partial charge on any atom is -0.352 e. The number of carbonyl (C=O) groups excluding carboxylic acids is 1. The first-order valence-corrected chi connectivity index (χ1v) is 7.32. The molecule has 104 valence electrons. The fraction of sp³-hybridized carbons (Fsp3) is 0.500. The van der Waals surface area contributed by atoms with Crippen LogP contribution in [-0.4, -0.2) is 11.9 Å². The SMILES string of the molecule is N[C@@H]1CCC[C@H]1CC(=O)NCc1cc(F)ccc1Br. The fourth-order valence-corrected chi connectivity index (χ4v) is 2.89. The number of carbonyl (C=O) groups is 1. The monoisotopic (exact) mass is 328 g/mol. The lowest BCUT2D eigenvalue weighted by Gasteiger charge is -2.15. The molecule has 1 fully saturated rings. The highest BCUT2D eigenvalue weighted by atomic mass is 79.9. The van der Waals surface area contributed by atoms with Crippen LogP contribution in [0.3, 0.4) is 0 Å². The van der Waals surface area contributed by atoms with Gasteiger partial charge in [0.05, 0.1) is 0 Å². The maximum atomic E-state index is 13.1. The van der Waals surface area contributed by atoms with Gasteiger partial charge >= 0.3 is 0 Å². The third-order valence-electron chi connectivity index (χ3n) is 3.65. The van der Waals surface area contributed by atoms with Crippen molar-refractivity contribution in [2.45, 2.75) is 38.3 Å². The first kappa shape index (κ1) is 14.5. The van der Waals surface area contributed by atoms with E-state index in [1.807, 2.05) is 0 Å².